The molecule has 1 unspecified atom stereocenters. The third-order valence-electron chi connectivity index (χ3n) is 3.67. The molecule has 1 aliphatic heterocycles. The maximum absolute atomic E-state index is 11.8. The second-order valence-electron chi connectivity index (χ2n) is 5.14. The highest BCUT2D eigenvalue weighted by Crippen LogP contribution is 2.33. The number of carbonyl (C=O) groups is 1. The van der Waals surface area contributed by atoms with Crippen LogP contribution >= 0.6 is 11.3 Å². The van der Waals surface area contributed by atoms with Gasteiger partial charge >= 0.3 is 0 Å². The van der Waals surface area contributed by atoms with Crippen molar-refractivity contribution in [2.45, 2.75) is 32.2 Å². The Morgan fingerprint density at radius 1 is 1.43 bits per heavy atom. The Morgan fingerprint density at radius 2 is 2.33 bits per heavy atom. The minimum Gasteiger partial charge on any atom is -0.334 e. The van der Waals surface area contributed by atoms with E-state index in [9.17, 15) is 4.79 Å². The number of pyridine rings is 1. The summed E-state index contributed by atoms with van der Waals surface area (Å²) in [6.07, 6.45) is 4.97. The van der Waals surface area contributed by atoms with Crippen molar-refractivity contribution in [2.75, 3.05) is 11.9 Å². The summed E-state index contributed by atoms with van der Waals surface area (Å²) >= 11 is 1.55. The van der Waals surface area contributed by atoms with Crippen molar-refractivity contribution in [3.63, 3.8) is 0 Å². The summed E-state index contributed by atoms with van der Waals surface area (Å²) in [5.41, 5.74) is 0.980. The number of thiazole rings is 1. The van der Waals surface area contributed by atoms with Crippen molar-refractivity contribution in [2.24, 2.45) is 0 Å². The number of nitrogens with one attached hydrogen (secondary N) is 1. The minimum absolute atomic E-state index is 0.117. The number of piperidine rings is 1. The predicted octanol–water partition coefficient (Wildman–Crippen LogP) is 3.36. The van der Waals surface area contributed by atoms with E-state index in [0.717, 1.165) is 42.5 Å². The van der Waals surface area contributed by atoms with Crippen LogP contribution in [0.3, 0.4) is 0 Å². The molecule has 3 heterocycles. The Kier molecular flexibility index (Phi) is 4.15. The van der Waals surface area contributed by atoms with Gasteiger partial charge < -0.3 is 10.2 Å². The van der Waals surface area contributed by atoms with Crippen LogP contribution in [-0.4, -0.2) is 27.3 Å². The van der Waals surface area contributed by atoms with Gasteiger partial charge in [-0.2, -0.15) is 0 Å². The summed E-state index contributed by atoms with van der Waals surface area (Å²) in [5.74, 6) is 0.914. The highest BCUT2D eigenvalue weighted by Gasteiger charge is 2.27. The molecule has 6 heteroatoms. The summed E-state index contributed by atoms with van der Waals surface area (Å²) < 4.78 is 0. The van der Waals surface area contributed by atoms with Crippen molar-refractivity contribution in [1.29, 1.82) is 0 Å². The quantitative estimate of drug-likeness (QED) is 0.944. The Bertz CT molecular complexity index is 613. The molecule has 0 bridgehead atoms. The molecule has 1 N–H and O–H groups in total. The van der Waals surface area contributed by atoms with Gasteiger partial charge in [0.15, 0.2) is 5.13 Å². The van der Waals surface area contributed by atoms with Crippen LogP contribution < -0.4 is 5.32 Å². The monoisotopic (exact) mass is 302 g/mol. The van der Waals surface area contributed by atoms with E-state index in [1.54, 1.807) is 24.5 Å². The lowest BCUT2D eigenvalue weighted by Crippen LogP contribution is -2.37. The van der Waals surface area contributed by atoms with Gasteiger partial charge in [0.1, 0.15) is 5.82 Å². The van der Waals surface area contributed by atoms with E-state index < -0.39 is 0 Å². The number of anilines is 2. The molecular formula is C15H18N4OS. The van der Waals surface area contributed by atoms with E-state index in [1.165, 1.54) is 0 Å². The van der Waals surface area contributed by atoms with Gasteiger partial charge in [-0.1, -0.05) is 6.07 Å². The Labute approximate surface area is 128 Å². The Hall–Kier alpha value is -1.95. The number of carbonyl (C=O) groups excluding carboxylic acids is 1. The lowest BCUT2D eigenvalue weighted by molar-refractivity contribution is -0.132. The number of amides is 1. The van der Waals surface area contributed by atoms with E-state index in [-0.39, 0.29) is 11.9 Å². The number of rotatable bonds is 3. The molecule has 1 atom stereocenters. The topological polar surface area (TPSA) is 58.1 Å². The molecule has 1 aliphatic rings. The fourth-order valence-corrected chi connectivity index (χ4v) is 3.42. The lowest BCUT2D eigenvalue weighted by Gasteiger charge is -2.34. The van der Waals surface area contributed by atoms with Gasteiger partial charge in [0.25, 0.3) is 0 Å². The molecule has 0 saturated carbocycles. The molecule has 0 aliphatic carbocycles. The number of hydrogen-bond donors (Lipinski definition) is 1. The second kappa shape index (κ2) is 6.22. The first-order chi connectivity index (χ1) is 10.2. The normalized spacial score (nSPS) is 18.5. The molecule has 2 aromatic rings. The average molecular weight is 302 g/mol. The van der Waals surface area contributed by atoms with Gasteiger partial charge in [-0.25, -0.2) is 9.97 Å². The molecule has 2 aromatic heterocycles. The molecular weight excluding hydrogens is 284 g/mol. The zero-order valence-electron chi connectivity index (χ0n) is 12.0. The van der Waals surface area contributed by atoms with Gasteiger partial charge in [-0.3, -0.25) is 4.79 Å². The molecule has 1 fully saturated rings. The second-order valence-corrected chi connectivity index (χ2v) is 6.00. The molecule has 110 valence electrons. The molecule has 5 nitrogen and oxygen atoms in total. The molecule has 0 spiro atoms. The van der Waals surface area contributed by atoms with Crippen molar-refractivity contribution in [1.82, 2.24) is 14.9 Å². The highest BCUT2D eigenvalue weighted by molar-refractivity contribution is 7.13. The van der Waals surface area contributed by atoms with Crippen LogP contribution in [0.25, 0.3) is 0 Å². The van der Waals surface area contributed by atoms with E-state index in [1.807, 2.05) is 28.5 Å². The van der Waals surface area contributed by atoms with Crippen LogP contribution in [0.1, 0.15) is 37.9 Å². The first kappa shape index (κ1) is 14.0. The summed E-state index contributed by atoms with van der Waals surface area (Å²) in [5, 5.41) is 6.06. The number of aromatic nitrogens is 2. The van der Waals surface area contributed by atoms with Gasteiger partial charge in [0.2, 0.25) is 5.91 Å². The minimum atomic E-state index is 0.117. The fourth-order valence-electron chi connectivity index (χ4n) is 2.66. The third-order valence-corrected chi connectivity index (χ3v) is 4.45. The van der Waals surface area contributed by atoms with Crippen LogP contribution in [0, 0.1) is 0 Å². The highest BCUT2D eigenvalue weighted by atomic mass is 32.1. The van der Waals surface area contributed by atoms with Gasteiger partial charge in [-0.15, -0.1) is 11.3 Å². The zero-order chi connectivity index (χ0) is 14.7. The average Bonchev–Trinajstić information content (AvgIpc) is 2.96. The Morgan fingerprint density at radius 3 is 3.10 bits per heavy atom. The first-order valence-electron chi connectivity index (χ1n) is 7.15. The molecule has 21 heavy (non-hydrogen) atoms. The van der Waals surface area contributed by atoms with Crippen LogP contribution in [0.15, 0.2) is 29.8 Å². The van der Waals surface area contributed by atoms with E-state index in [0.29, 0.717) is 0 Å². The summed E-state index contributed by atoms with van der Waals surface area (Å²) in [6.45, 7) is 2.47. The van der Waals surface area contributed by atoms with E-state index in [2.05, 4.69) is 15.3 Å². The molecule has 1 amide bonds. The number of hydrogen-bond acceptors (Lipinski definition) is 5. The molecule has 0 radical (unpaired) electrons. The van der Waals surface area contributed by atoms with Crippen LogP contribution in [0.5, 0.6) is 0 Å². The van der Waals surface area contributed by atoms with Crippen LogP contribution in [-0.2, 0) is 4.79 Å². The van der Waals surface area contributed by atoms with Gasteiger partial charge in [0.05, 0.1) is 11.7 Å². The fraction of sp³-hybridized carbons (Fsp3) is 0.400. The lowest BCUT2D eigenvalue weighted by atomic mass is 10.00. The predicted molar refractivity (Wildman–Crippen MR) is 83.6 cm³/mol. The third kappa shape index (κ3) is 3.21. The number of likely N-dealkylation sites (tertiary alicyclic amines) is 1. The molecule has 0 aromatic carbocycles. The summed E-state index contributed by atoms with van der Waals surface area (Å²) in [7, 11) is 0. The summed E-state index contributed by atoms with van der Waals surface area (Å²) in [4.78, 5) is 22.6. The van der Waals surface area contributed by atoms with Crippen LogP contribution in [0.4, 0.5) is 10.9 Å². The van der Waals surface area contributed by atoms with Crippen molar-refractivity contribution < 1.29 is 4.79 Å². The van der Waals surface area contributed by atoms with Crippen LogP contribution in [0.2, 0.25) is 0 Å². The maximum Gasteiger partial charge on any atom is 0.220 e. The SMILES string of the molecule is CC(=O)N1CCCCC1c1csc(Nc2ccccn2)n1. The van der Waals surface area contributed by atoms with E-state index >= 15 is 0 Å². The van der Waals surface area contributed by atoms with Crippen molar-refractivity contribution in [3.05, 3.63) is 35.5 Å². The summed E-state index contributed by atoms with van der Waals surface area (Å²) in [6, 6.07) is 5.84. The Balaban J connectivity index is 1.76. The number of nitrogens with zero attached hydrogens (tertiary/aromatic N) is 3. The maximum atomic E-state index is 11.8. The van der Waals surface area contributed by atoms with Crippen molar-refractivity contribution >= 4 is 28.2 Å². The molecule has 1 saturated heterocycles. The standard InChI is InChI=1S/C15H18N4OS/c1-11(20)19-9-5-3-6-13(19)12-10-21-15(17-12)18-14-7-2-4-8-16-14/h2,4,7-8,10,13H,3,5-6,9H2,1H3,(H,16,17,18). The van der Waals surface area contributed by atoms with Crippen molar-refractivity contribution in [3.8, 4) is 0 Å². The van der Waals surface area contributed by atoms with Gasteiger partial charge in [0, 0.05) is 25.0 Å². The largest absolute Gasteiger partial charge is 0.334 e. The van der Waals surface area contributed by atoms with E-state index in [4.69, 9.17) is 0 Å². The van der Waals surface area contributed by atoms with Gasteiger partial charge in [-0.05, 0) is 31.4 Å². The molecule has 3 rings (SSSR count). The smallest absolute Gasteiger partial charge is 0.220 e. The zero-order valence-corrected chi connectivity index (χ0v) is 12.8. The first-order valence-corrected chi connectivity index (χ1v) is 8.02.